The maximum atomic E-state index is 12.5. The van der Waals surface area contributed by atoms with Crippen LogP contribution in [-0.4, -0.2) is 61.5 Å². The number of amides is 2. The number of carbonyl (C=O) groups is 3. The molecule has 1 aromatic rings. The van der Waals surface area contributed by atoms with E-state index in [1.807, 2.05) is 30.9 Å². The van der Waals surface area contributed by atoms with E-state index < -0.39 is 0 Å². The van der Waals surface area contributed by atoms with E-state index in [1.54, 1.807) is 19.1 Å². The van der Waals surface area contributed by atoms with Crippen LogP contribution in [-0.2, 0) is 19.1 Å². The van der Waals surface area contributed by atoms with Crippen LogP contribution in [0.5, 0.6) is 0 Å². The highest BCUT2D eigenvalue weighted by molar-refractivity contribution is 5.88. The second kappa shape index (κ2) is 10.5. The number of nitriles is 1. The van der Waals surface area contributed by atoms with E-state index in [4.69, 9.17) is 10.00 Å². The fourth-order valence-corrected chi connectivity index (χ4v) is 3.12. The number of nitrogens with one attached hydrogen (secondary N) is 1. The molecule has 0 saturated carbocycles. The van der Waals surface area contributed by atoms with Crippen LogP contribution < -0.4 is 10.2 Å². The number of rotatable bonds is 8. The van der Waals surface area contributed by atoms with Crippen LogP contribution in [0.3, 0.4) is 0 Å². The molecule has 0 aromatic heterocycles. The van der Waals surface area contributed by atoms with Gasteiger partial charge in [0.2, 0.25) is 11.8 Å². The van der Waals surface area contributed by atoms with Crippen molar-refractivity contribution in [1.82, 2.24) is 10.2 Å². The van der Waals surface area contributed by atoms with Gasteiger partial charge in [0.25, 0.3) is 0 Å². The minimum atomic E-state index is -0.349. The first-order valence-electron chi connectivity index (χ1n) is 9.81. The first-order chi connectivity index (χ1) is 13.8. The van der Waals surface area contributed by atoms with Gasteiger partial charge in [-0.2, -0.15) is 5.26 Å². The first-order valence-corrected chi connectivity index (χ1v) is 9.81. The summed E-state index contributed by atoms with van der Waals surface area (Å²) in [5.41, 5.74) is 1.44. The summed E-state index contributed by atoms with van der Waals surface area (Å²) in [7, 11) is 0. The van der Waals surface area contributed by atoms with E-state index in [9.17, 15) is 14.4 Å². The summed E-state index contributed by atoms with van der Waals surface area (Å²) in [5, 5.41) is 11.7. The topological polar surface area (TPSA) is 103 Å². The van der Waals surface area contributed by atoms with Crippen LogP contribution in [0.15, 0.2) is 24.3 Å². The van der Waals surface area contributed by atoms with E-state index in [-0.39, 0.29) is 49.3 Å². The highest BCUT2D eigenvalue weighted by Crippen LogP contribution is 2.17. The molecule has 2 rings (SSSR count). The monoisotopic (exact) mass is 400 g/mol. The third-order valence-electron chi connectivity index (χ3n) is 4.86. The van der Waals surface area contributed by atoms with Gasteiger partial charge in [-0.1, -0.05) is 13.8 Å². The molecule has 1 N–H and O–H groups in total. The molecule has 0 aliphatic carbocycles. The average molecular weight is 400 g/mol. The lowest BCUT2D eigenvalue weighted by Crippen LogP contribution is -2.54. The van der Waals surface area contributed by atoms with Crippen LogP contribution in [0.25, 0.3) is 0 Å². The molecule has 1 saturated heterocycles. The lowest BCUT2D eigenvalue weighted by Gasteiger charge is -2.35. The van der Waals surface area contributed by atoms with E-state index in [2.05, 4.69) is 11.4 Å². The largest absolute Gasteiger partial charge is 0.466 e. The third-order valence-corrected chi connectivity index (χ3v) is 4.86. The van der Waals surface area contributed by atoms with E-state index in [0.717, 1.165) is 5.69 Å². The Morgan fingerprint density at radius 3 is 2.48 bits per heavy atom. The van der Waals surface area contributed by atoms with Gasteiger partial charge < -0.3 is 19.9 Å². The summed E-state index contributed by atoms with van der Waals surface area (Å²) in [6.45, 7) is 7.05. The van der Waals surface area contributed by atoms with Crippen LogP contribution in [0, 0.1) is 17.2 Å². The smallest absolute Gasteiger partial charge is 0.307 e. The Morgan fingerprint density at radius 1 is 1.24 bits per heavy atom. The van der Waals surface area contributed by atoms with Gasteiger partial charge in [-0.15, -0.1) is 0 Å². The van der Waals surface area contributed by atoms with Crippen molar-refractivity contribution >= 4 is 23.5 Å². The lowest BCUT2D eigenvalue weighted by molar-refractivity contribution is -0.144. The SMILES string of the molecule is CCOC(=O)CC(NC(=O)CN1CCN(c2ccc(C#N)cc2)CC1=O)C(C)C. The minimum absolute atomic E-state index is 0.0356. The van der Waals surface area contributed by atoms with E-state index in [1.165, 1.54) is 4.90 Å². The van der Waals surface area contributed by atoms with Crippen molar-refractivity contribution in [1.29, 1.82) is 5.26 Å². The maximum Gasteiger partial charge on any atom is 0.307 e. The number of nitrogens with zero attached hydrogens (tertiary/aromatic N) is 3. The molecule has 0 radical (unpaired) electrons. The highest BCUT2D eigenvalue weighted by atomic mass is 16.5. The number of hydrogen-bond acceptors (Lipinski definition) is 6. The zero-order valence-corrected chi connectivity index (χ0v) is 17.2. The van der Waals surface area contributed by atoms with Crippen molar-refractivity contribution in [3.8, 4) is 6.07 Å². The van der Waals surface area contributed by atoms with Gasteiger partial charge in [0.05, 0.1) is 37.7 Å². The van der Waals surface area contributed by atoms with Gasteiger partial charge in [0.1, 0.15) is 0 Å². The second-order valence-electron chi connectivity index (χ2n) is 7.32. The molecule has 1 aliphatic heterocycles. The molecule has 2 amide bonds. The van der Waals surface area contributed by atoms with E-state index >= 15 is 0 Å². The second-order valence-corrected chi connectivity index (χ2v) is 7.32. The summed E-state index contributed by atoms with van der Waals surface area (Å²) < 4.78 is 4.96. The van der Waals surface area contributed by atoms with E-state index in [0.29, 0.717) is 25.3 Å². The highest BCUT2D eigenvalue weighted by Gasteiger charge is 2.27. The predicted molar refractivity (Wildman–Crippen MR) is 108 cm³/mol. The van der Waals surface area contributed by atoms with Crippen molar-refractivity contribution in [2.75, 3.05) is 37.7 Å². The Labute approximate surface area is 171 Å². The number of piperazine rings is 1. The van der Waals surface area contributed by atoms with Gasteiger partial charge >= 0.3 is 5.97 Å². The van der Waals surface area contributed by atoms with Gasteiger partial charge in [-0.25, -0.2) is 0 Å². The Morgan fingerprint density at radius 2 is 1.93 bits per heavy atom. The average Bonchev–Trinajstić information content (AvgIpc) is 2.69. The van der Waals surface area contributed by atoms with Crippen molar-refractivity contribution in [2.45, 2.75) is 33.2 Å². The van der Waals surface area contributed by atoms with Crippen LogP contribution in [0.1, 0.15) is 32.8 Å². The Hall–Kier alpha value is -3.08. The third kappa shape index (κ3) is 6.49. The van der Waals surface area contributed by atoms with Crippen LogP contribution in [0.4, 0.5) is 5.69 Å². The normalized spacial score (nSPS) is 15.1. The summed E-state index contributed by atoms with van der Waals surface area (Å²) in [5.74, 6) is -0.707. The zero-order valence-electron chi connectivity index (χ0n) is 17.2. The number of ether oxygens (including phenoxy) is 1. The van der Waals surface area contributed by atoms with Crippen molar-refractivity contribution in [3.63, 3.8) is 0 Å². The Balaban J connectivity index is 1.88. The van der Waals surface area contributed by atoms with Gasteiger partial charge in [-0.3, -0.25) is 14.4 Å². The maximum absolute atomic E-state index is 12.5. The summed E-state index contributed by atoms with van der Waals surface area (Å²) >= 11 is 0. The predicted octanol–water partition coefficient (Wildman–Crippen LogP) is 1.30. The van der Waals surface area contributed by atoms with Gasteiger partial charge in [0, 0.05) is 24.8 Å². The molecule has 1 atom stereocenters. The fourth-order valence-electron chi connectivity index (χ4n) is 3.12. The molecular formula is C21H28N4O4. The Kier molecular flexibility index (Phi) is 8.01. The van der Waals surface area contributed by atoms with Gasteiger partial charge in [0.15, 0.2) is 0 Å². The number of carbonyl (C=O) groups excluding carboxylic acids is 3. The molecule has 29 heavy (non-hydrogen) atoms. The molecule has 0 bridgehead atoms. The molecule has 1 aliphatic rings. The summed E-state index contributed by atoms with van der Waals surface area (Å²) in [6.07, 6.45) is 0.109. The number of anilines is 1. The standard InChI is InChI=1S/C21H28N4O4/c1-4-29-21(28)11-18(15(2)3)23-19(26)13-25-10-9-24(14-20(25)27)17-7-5-16(12-22)6-8-17/h5-8,15,18H,4,9-11,13-14H2,1-3H3,(H,23,26). The molecular weight excluding hydrogens is 372 g/mol. The Bertz CT molecular complexity index is 770. The van der Waals surface area contributed by atoms with Crippen LogP contribution in [0.2, 0.25) is 0 Å². The molecule has 0 spiro atoms. The molecule has 1 heterocycles. The van der Waals surface area contributed by atoms with Crippen molar-refractivity contribution in [2.24, 2.45) is 5.92 Å². The lowest BCUT2D eigenvalue weighted by atomic mass is 10.0. The molecule has 156 valence electrons. The van der Waals surface area contributed by atoms with Gasteiger partial charge in [-0.05, 0) is 37.1 Å². The summed E-state index contributed by atoms with van der Waals surface area (Å²) in [4.78, 5) is 40.1. The molecule has 1 aromatic carbocycles. The number of hydrogen-bond donors (Lipinski definition) is 1. The molecule has 1 unspecified atom stereocenters. The number of esters is 1. The fraction of sp³-hybridized carbons (Fsp3) is 0.524. The van der Waals surface area contributed by atoms with Crippen molar-refractivity contribution < 1.29 is 19.1 Å². The van der Waals surface area contributed by atoms with Crippen LogP contribution >= 0.6 is 0 Å². The number of benzene rings is 1. The van der Waals surface area contributed by atoms with Crippen molar-refractivity contribution in [3.05, 3.63) is 29.8 Å². The zero-order chi connectivity index (χ0) is 21.4. The molecule has 1 fully saturated rings. The molecule has 8 nitrogen and oxygen atoms in total. The summed E-state index contributed by atoms with van der Waals surface area (Å²) in [6, 6.07) is 8.80. The quantitative estimate of drug-likeness (QED) is 0.660. The first kappa shape index (κ1) is 22.2. The minimum Gasteiger partial charge on any atom is -0.466 e. The molecule has 8 heteroatoms.